The van der Waals surface area contributed by atoms with Gasteiger partial charge in [0.1, 0.15) is 0 Å². The largest absolute Gasteiger partial charge is 0.316 e. The van der Waals surface area contributed by atoms with Gasteiger partial charge in [0.25, 0.3) is 10.5 Å². The van der Waals surface area contributed by atoms with Crippen LogP contribution in [0.3, 0.4) is 0 Å². The summed E-state index contributed by atoms with van der Waals surface area (Å²) in [7, 11) is -7.70. The molecular weight excluding hydrogens is 653 g/mol. The molecule has 0 aliphatic rings. The second kappa shape index (κ2) is 14.6. The van der Waals surface area contributed by atoms with Gasteiger partial charge in [-0.25, -0.2) is 16.8 Å². The van der Waals surface area contributed by atoms with Crippen molar-refractivity contribution >= 4 is 65.8 Å². The first-order valence-electron chi connectivity index (χ1n) is 13.5. The SMILES string of the molecule is Cc1ccc(S(=O)(=O)NSC(=O)Nc2ccc(Cc3ccc(NC(=O)SNS(=O)(=O)c4ccc(C)cc4)c(C)c3)cc2C)cc1. The number of anilines is 2. The molecular formula is C31H32N4O6S4. The van der Waals surface area contributed by atoms with Crippen LogP contribution in [0.15, 0.2) is 94.7 Å². The highest BCUT2D eigenvalue weighted by Crippen LogP contribution is 2.24. The number of aryl methyl sites for hydroxylation is 4. The molecule has 236 valence electrons. The molecule has 2 amide bonds. The van der Waals surface area contributed by atoms with Crippen molar-refractivity contribution in [3.63, 3.8) is 0 Å². The molecule has 0 saturated heterocycles. The number of carbonyl (C=O) groups excluding carboxylic acids is 2. The lowest BCUT2D eigenvalue weighted by Crippen LogP contribution is -2.21. The molecule has 4 aromatic rings. The number of hydrogen-bond acceptors (Lipinski definition) is 8. The van der Waals surface area contributed by atoms with E-state index in [0.717, 1.165) is 33.4 Å². The Labute approximate surface area is 272 Å². The summed E-state index contributed by atoms with van der Waals surface area (Å²) in [5.74, 6) is 0. The lowest BCUT2D eigenvalue weighted by Gasteiger charge is -2.12. The first kappa shape index (κ1) is 34.2. The topological polar surface area (TPSA) is 151 Å². The van der Waals surface area contributed by atoms with Crippen LogP contribution >= 0.6 is 23.9 Å². The van der Waals surface area contributed by atoms with Gasteiger partial charge in [-0.2, -0.15) is 0 Å². The molecule has 0 fully saturated rings. The summed E-state index contributed by atoms with van der Waals surface area (Å²) in [6.07, 6.45) is 0.584. The van der Waals surface area contributed by atoms with Gasteiger partial charge in [0, 0.05) is 35.3 Å². The highest BCUT2D eigenvalue weighted by atomic mass is 32.3. The molecule has 0 spiro atoms. The predicted molar refractivity (Wildman–Crippen MR) is 181 cm³/mol. The average Bonchev–Trinajstić information content (AvgIpc) is 2.98. The quantitative estimate of drug-likeness (QED) is 0.133. The Morgan fingerprint density at radius 1 is 0.556 bits per heavy atom. The molecule has 10 nitrogen and oxygen atoms in total. The Kier molecular flexibility index (Phi) is 11.1. The first-order valence-corrected chi connectivity index (χ1v) is 18.1. The van der Waals surface area contributed by atoms with Gasteiger partial charge in [-0.1, -0.05) is 59.7 Å². The lowest BCUT2D eigenvalue weighted by atomic mass is 10.0. The molecule has 4 aromatic carbocycles. The molecule has 0 atom stereocenters. The highest BCUT2D eigenvalue weighted by molar-refractivity contribution is 8.19. The molecule has 0 aliphatic carbocycles. The zero-order valence-corrected chi connectivity index (χ0v) is 28.1. The number of benzene rings is 4. The maximum atomic E-state index is 12.4. The molecule has 0 saturated carbocycles. The summed E-state index contributed by atoms with van der Waals surface area (Å²) in [6.45, 7) is 7.39. The van der Waals surface area contributed by atoms with Crippen LogP contribution in [-0.4, -0.2) is 27.3 Å². The van der Waals surface area contributed by atoms with Crippen LogP contribution in [0.5, 0.6) is 0 Å². The number of hydrogen-bond donors (Lipinski definition) is 4. The van der Waals surface area contributed by atoms with E-state index in [4.69, 9.17) is 0 Å². The van der Waals surface area contributed by atoms with E-state index in [9.17, 15) is 26.4 Å². The van der Waals surface area contributed by atoms with Crippen LogP contribution in [0.4, 0.5) is 21.0 Å². The zero-order chi connectivity index (χ0) is 32.8. The van der Waals surface area contributed by atoms with Gasteiger partial charge in [-0.05, 0) is 92.8 Å². The van der Waals surface area contributed by atoms with Crippen LogP contribution in [-0.2, 0) is 26.5 Å². The molecule has 0 heterocycles. The number of rotatable bonds is 10. The van der Waals surface area contributed by atoms with Crippen molar-refractivity contribution < 1.29 is 26.4 Å². The smallest absolute Gasteiger partial charge is 0.299 e. The Balaban J connectivity index is 1.30. The van der Waals surface area contributed by atoms with Crippen LogP contribution in [0.25, 0.3) is 0 Å². The van der Waals surface area contributed by atoms with Crippen molar-refractivity contribution in [1.29, 1.82) is 0 Å². The molecule has 4 rings (SSSR count). The second-order valence-corrected chi connectivity index (χ2v) is 15.7. The minimum Gasteiger partial charge on any atom is -0.316 e. The molecule has 0 aliphatic heterocycles. The van der Waals surface area contributed by atoms with E-state index in [1.807, 2.05) is 52.0 Å². The van der Waals surface area contributed by atoms with Crippen molar-refractivity contribution in [2.24, 2.45) is 0 Å². The van der Waals surface area contributed by atoms with Crippen molar-refractivity contribution in [3.8, 4) is 0 Å². The summed E-state index contributed by atoms with van der Waals surface area (Å²) in [4.78, 5) is 25.0. The minimum atomic E-state index is -3.85. The van der Waals surface area contributed by atoms with E-state index in [-0.39, 0.29) is 9.79 Å². The van der Waals surface area contributed by atoms with Crippen LogP contribution in [0.2, 0.25) is 0 Å². The number of amides is 2. The number of sulfonamides is 2. The molecule has 0 aromatic heterocycles. The molecule has 0 radical (unpaired) electrons. The normalized spacial score (nSPS) is 11.6. The van der Waals surface area contributed by atoms with Gasteiger partial charge in [0.15, 0.2) is 0 Å². The van der Waals surface area contributed by atoms with E-state index in [0.29, 0.717) is 41.7 Å². The Morgan fingerprint density at radius 2 is 0.911 bits per heavy atom. The summed E-state index contributed by atoms with van der Waals surface area (Å²) < 4.78 is 54.3. The number of carbonyl (C=O) groups is 2. The van der Waals surface area contributed by atoms with Crippen LogP contribution < -0.4 is 18.9 Å². The fourth-order valence-corrected chi connectivity index (χ4v) is 7.74. The minimum absolute atomic E-state index is 0.0693. The lowest BCUT2D eigenvalue weighted by molar-refractivity contribution is 0.269. The zero-order valence-electron chi connectivity index (χ0n) is 24.9. The Hall–Kier alpha value is -3.66. The molecule has 0 unspecified atom stereocenters. The van der Waals surface area contributed by atoms with Crippen molar-refractivity contribution in [2.45, 2.75) is 43.9 Å². The highest BCUT2D eigenvalue weighted by Gasteiger charge is 2.18. The van der Waals surface area contributed by atoms with Crippen LogP contribution in [0, 0.1) is 27.7 Å². The summed E-state index contributed by atoms with van der Waals surface area (Å²) >= 11 is 0.900. The predicted octanol–water partition coefficient (Wildman–Crippen LogP) is 6.83. The molecule has 14 heteroatoms. The van der Waals surface area contributed by atoms with E-state index in [2.05, 4.69) is 18.9 Å². The average molecular weight is 685 g/mol. The van der Waals surface area contributed by atoms with Gasteiger partial charge in [-0.3, -0.25) is 9.59 Å². The monoisotopic (exact) mass is 684 g/mol. The Bertz CT molecular complexity index is 1790. The van der Waals surface area contributed by atoms with Crippen molar-refractivity contribution in [2.75, 3.05) is 10.6 Å². The third-order valence-electron chi connectivity index (χ3n) is 6.61. The van der Waals surface area contributed by atoms with Gasteiger partial charge < -0.3 is 10.6 Å². The summed E-state index contributed by atoms with van der Waals surface area (Å²) in [5.41, 5.74) is 6.51. The van der Waals surface area contributed by atoms with Crippen LogP contribution in [0.1, 0.15) is 33.4 Å². The maximum Gasteiger partial charge on any atom is 0.299 e. The van der Waals surface area contributed by atoms with E-state index < -0.39 is 30.5 Å². The van der Waals surface area contributed by atoms with E-state index in [1.165, 1.54) is 24.3 Å². The van der Waals surface area contributed by atoms with Crippen molar-refractivity contribution in [1.82, 2.24) is 8.25 Å². The van der Waals surface area contributed by atoms with E-state index >= 15 is 0 Å². The van der Waals surface area contributed by atoms with Crippen molar-refractivity contribution in [3.05, 3.63) is 118 Å². The second-order valence-electron chi connectivity index (χ2n) is 10.3. The van der Waals surface area contributed by atoms with Gasteiger partial charge in [0.05, 0.1) is 9.79 Å². The fraction of sp³-hybridized carbons (Fsp3) is 0.161. The summed E-state index contributed by atoms with van der Waals surface area (Å²) in [6, 6.07) is 23.7. The Morgan fingerprint density at radius 3 is 1.24 bits per heavy atom. The summed E-state index contributed by atoms with van der Waals surface area (Å²) in [5, 5.41) is 4.28. The van der Waals surface area contributed by atoms with Gasteiger partial charge in [0.2, 0.25) is 20.0 Å². The first-order chi connectivity index (χ1) is 21.2. The molecule has 0 bridgehead atoms. The third kappa shape index (κ3) is 9.66. The standard InChI is InChI=1S/C31H32N4O6S4/c1-20-5-11-26(12-6-20)44(38,39)34-42-30(36)32-28-15-9-24(17-22(28)3)19-25-10-16-29(23(4)18-25)33-31(37)43-35-45(40,41)27-13-7-21(2)8-14-27/h5-18,34-35H,19H2,1-4H3,(H,32,36)(H,33,37). The maximum absolute atomic E-state index is 12.4. The van der Waals surface area contributed by atoms with E-state index in [1.54, 1.807) is 36.4 Å². The third-order valence-corrected chi connectivity index (χ3v) is 11.4. The molecule has 45 heavy (non-hydrogen) atoms. The van der Waals surface area contributed by atoms with Gasteiger partial charge in [-0.15, -0.1) is 8.25 Å². The number of nitrogens with one attached hydrogen (secondary N) is 4. The van der Waals surface area contributed by atoms with Gasteiger partial charge >= 0.3 is 0 Å². The molecule has 4 N–H and O–H groups in total. The fourth-order valence-electron chi connectivity index (χ4n) is 4.18.